The number of piperidine rings is 1. The largest absolute Gasteiger partial charge is 0.302 e. The molecular weight excluding hydrogens is 405 g/mol. The lowest BCUT2D eigenvalue weighted by molar-refractivity contribution is 0.262. The van der Waals surface area contributed by atoms with Gasteiger partial charge in [-0.25, -0.2) is 4.39 Å². The van der Waals surface area contributed by atoms with E-state index in [9.17, 15) is 4.39 Å². The van der Waals surface area contributed by atoms with Crippen molar-refractivity contribution in [3.63, 3.8) is 0 Å². The van der Waals surface area contributed by atoms with Crippen molar-refractivity contribution in [1.82, 2.24) is 4.90 Å². The third-order valence-electron chi connectivity index (χ3n) is 5.73. The summed E-state index contributed by atoms with van der Waals surface area (Å²) < 4.78 is 13.0. The topological polar surface area (TPSA) is 3.24 Å². The van der Waals surface area contributed by atoms with E-state index in [1.807, 2.05) is 12.1 Å². The van der Waals surface area contributed by atoms with Crippen molar-refractivity contribution in [3.05, 3.63) is 119 Å². The fraction of sp³-hybridized carbons (Fsp3) is 0.214. The summed E-state index contributed by atoms with van der Waals surface area (Å²) in [4.78, 5) is 2.55. The molecule has 160 valence electrons. The van der Waals surface area contributed by atoms with E-state index in [1.165, 1.54) is 28.8 Å². The Morgan fingerprint density at radius 2 is 1.32 bits per heavy atom. The molecule has 0 atom stereocenters. The van der Waals surface area contributed by atoms with Crippen molar-refractivity contribution in [2.75, 3.05) is 19.6 Å². The van der Waals surface area contributed by atoms with Crippen LogP contribution in [-0.4, -0.2) is 24.5 Å². The summed E-state index contributed by atoms with van der Waals surface area (Å²) in [5.41, 5.74) is 6.65. The molecule has 0 bridgehead atoms. The van der Waals surface area contributed by atoms with Crippen molar-refractivity contribution in [1.29, 1.82) is 0 Å². The molecule has 0 spiro atoms. The van der Waals surface area contributed by atoms with Crippen molar-refractivity contribution < 1.29 is 4.39 Å². The number of hydrogen-bond donors (Lipinski definition) is 0. The first-order valence-corrected chi connectivity index (χ1v) is 10.8. The Morgan fingerprint density at radius 1 is 0.774 bits per heavy atom. The van der Waals surface area contributed by atoms with Gasteiger partial charge >= 0.3 is 0 Å². The molecule has 3 aromatic carbocycles. The SMILES string of the molecule is Cl.Fc1ccc(C=CCCN2CCC(=C(c3ccccc3)c3ccccc3)CC2)cc1. The Labute approximate surface area is 191 Å². The number of hydrogen-bond acceptors (Lipinski definition) is 1. The maximum absolute atomic E-state index is 13.0. The summed E-state index contributed by atoms with van der Waals surface area (Å²) in [7, 11) is 0. The van der Waals surface area contributed by atoms with E-state index in [1.54, 1.807) is 5.57 Å². The molecule has 0 unspecified atom stereocenters. The van der Waals surface area contributed by atoms with Crippen LogP contribution in [0.1, 0.15) is 36.0 Å². The van der Waals surface area contributed by atoms with Gasteiger partial charge < -0.3 is 4.90 Å². The predicted octanol–water partition coefficient (Wildman–Crippen LogP) is 7.25. The fourth-order valence-electron chi connectivity index (χ4n) is 4.13. The molecule has 0 aliphatic carbocycles. The lowest BCUT2D eigenvalue weighted by Gasteiger charge is -2.30. The zero-order valence-electron chi connectivity index (χ0n) is 17.7. The summed E-state index contributed by atoms with van der Waals surface area (Å²) in [6.07, 6.45) is 7.51. The number of halogens is 2. The smallest absolute Gasteiger partial charge is 0.123 e. The molecule has 0 aromatic heterocycles. The highest BCUT2D eigenvalue weighted by Crippen LogP contribution is 2.32. The summed E-state index contributed by atoms with van der Waals surface area (Å²) >= 11 is 0. The molecule has 0 radical (unpaired) electrons. The Morgan fingerprint density at radius 3 is 1.87 bits per heavy atom. The second-order valence-electron chi connectivity index (χ2n) is 7.79. The van der Waals surface area contributed by atoms with Crippen LogP contribution in [0, 0.1) is 5.82 Å². The molecule has 1 nitrogen and oxygen atoms in total. The molecule has 0 N–H and O–H groups in total. The van der Waals surface area contributed by atoms with E-state index in [0.29, 0.717) is 0 Å². The highest BCUT2D eigenvalue weighted by atomic mass is 35.5. The Bertz CT molecular complexity index is 943. The summed E-state index contributed by atoms with van der Waals surface area (Å²) in [6.45, 7) is 3.27. The monoisotopic (exact) mass is 433 g/mol. The minimum atomic E-state index is -0.185. The number of rotatable bonds is 6. The van der Waals surface area contributed by atoms with Crippen molar-refractivity contribution >= 4 is 24.1 Å². The van der Waals surface area contributed by atoms with Crippen LogP contribution >= 0.6 is 12.4 Å². The van der Waals surface area contributed by atoms with Gasteiger partial charge in [0.2, 0.25) is 0 Å². The minimum absolute atomic E-state index is 0. The van der Waals surface area contributed by atoms with Crippen LogP contribution in [0.3, 0.4) is 0 Å². The van der Waals surface area contributed by atoms with E-state index < -0.39 is 0 Å². The molecule has 3 heteroatoms. The molecule has 1 heterocycles. The normalized spacial score (nSPS) is 14.4. The van der Waals surface area contributed by atoms with Gasteiger partial charge in [0.25, 0.3) is 0 Å². The average Bonchev–Trinajstić information content (AvgIpc) is 2.80. The van der Waals surface area contributed by atoms with Crippen molar-refractivity contribution in [2.24, 2.45) is 0 Å². The Kier molecular flexibility index (Phi) is 8.63. The molecule has 4 rings (SSSR count). The molecule has 1 aliphatic rings. The van der Waals surface area contributed by atoms with Gasteiger partial charge in [-0.2, -0.15) is 0 Å². The summed E-state index contributed by atoms with van der Waals surface area (Å²) in [6, 6.07) is 28.2. The molecular formula is C28H29ClFN. The predicted molar refractivity (Wildman–Crippen MR) is 132 cm³/mol. The van der Waals surface area contributed by atoms with Crippen molar-refractivity contribution in [3.8, 4) is 0 Å². The fourth-order valence-corrected chi connectivity index (χ4v) is 4.13. The quantitative estimate of drug-likeness (QED) is 0.395. The molecule has 0 amide bonds. The molecule has 3 aromatic rings. The molecule has 1 fully saturated rings. The van der Waals surface area contributed by atoms with Crippen LogP contribution in [0.5, 0.6) is 0 Å². The highest BCUT2D eigenvalue weighted by molar-refractivity contribution is 5.85. The first-order chi connectivity index (χ1) is 14.8. The van der Waals surface area contributed by atoms with Crippen LogP contribution in [-0.2, 0) is 0 Å². The van der Waals surface area contributed by atoms with Crippen LogP contribution in [0.15, 0.2) is 96.6 Å². The van der Waals surface area contributed by atoms with Gasteiger partial charge in [0, 0.05) is 19.6 Å². The highest BCUT2D eigenvalue weighted by Gasteiger charge is 2.18. The van der Waals surface area contributed by atoms with Crippen molar-refractivity contribution in [2.45, 2.75) is 19.3 Å². The van der Waals surface area contributed by atoms with Gasteiger partial charge in [-0.05, 0) is 53.7 Å². The van der Waals surface area contributed by atoms with E-state index in [-0.39, 0.29) is 18.2 Å². The lowest BCUT2D eigenvalue weighted by Crippen LogP contribution is -2.31. The summed E-state index contributed by atoms with van der Waals surface area (Å²) in [5.74, 6) is -0.185. The second kappa shape index (κ2) is 11.6. The van der Waals surface area contributed by atoms with Gasteiger partial charge in [0.1, 0.15) is 5.82 Å². The van der Waals surface area contributed by atoms with Crippen LogP contribution in [0.2, 0.25) is 0 Å². The summed E-state index contributed by atoms with van der Waals surface area (Å²) in [5, 5.41) is 0. The van der Waals surface area contributed by atoms with E-state index in [2.05, 4.69) is 77.7 Å². The van der Waals surface area contributed by atoms with Gasteiger partial charge in [0.05, 0.1) is 0 Å². The maximum atomic E-state index is 13.0. The molecule has 31 heavy (non-hydrogen) atoms. The van der Waals surface area contributed by atoms with E-state index >= 15 is 0 Å². The lowest BCUT2D eigenvalue weighted by atomic mass is 9.88. The zero-order chi connectivity index (χ0) is 20.6. The first kappa shape index (κ1) is 23.0. The number of likely N-dealkylation sites (tertiary alicyclic amines) is 1. The van der Waals surface area contributed by atoms with Crippen LogP contribution < -0.4 is 0 Å². The first-order valence-electron chi connectivity index (χ1n) is 10.8. The van der Waals surface area contributed by atoms with E-state index in [4.69, 9.17) is 0 Å². The average molecular weight is 434 g/mol. The number of nitrogens with zero attached hydrogens (tertiary/aromatic N) is 1. The van der Waals surface area contributed by atoms with Gasteiger partial charge in [-0.3, -0.25) is 0 Å². The maximum Gasteiger partial charge on any atom is 0.123 e. The van der Waals surface area contributed by atoms with Gasteiger partial charge in [-0.15, -0.1) is 12.4 Å². The standard InChI is InChI=1S/C28H28FN.ClH/c29-27-16-14-23(15-17-27)9-7-8-20-30-21-18-26(19-22-30)28(24-10-3-1-4-11-24)25-12-5-2-6-13-25;/h1-7,9-17H,8,18-22H2;1H. The third-order valence-corrected chi connectivity index (χ3v) is 5.73. The zero-order valence-corrected chi connectivity index (χ0v) is 18.5. The molecule has 1 saturated heterocycles. The third kappa shape index (κ3) is 6.40. The van der Waals surface area contributed by atoms with Gasteiger partial charge in [0.15, 0.2) is 0 Å². The Hall–Kier alpha value is -2.68. The molecule has 0 saturated carbocycles. The van der Waals surface area contributed by atoms with Crippen LogP contribution in [0.25, 0.3) is 11.6 Å². The number of benzene rings is 3. The van der Waals surface area contributed by atoms with E-state index in [0.717, 1.165) is 44.5 Å². The Balaban J connectivity index is 0.00000272. The minimum Gasteiger partial charge on any atom is -0.302 e. The molecule has 1 aliphatic heterocycles. The van der Waals surface area contributed by atoms with Crippen LogP contribution in [0.4, 0.5) is 4.39 Å². The van der Waals surface area contributed by atoms with Gasteiger partial charge in [-0.1, -0.05) is 90.5 Å². The second-order valence-corrected chi connectivity index (χ2v) is 7.79.